The van der Waals surface area contributed by atoms with Gasteiger partial charge in [-0.15, -0.1) is 0 Å². The number of carbonyl (C=O) groups excluding carboxylic acids is 1. The zero-order chi connectivity index (χ0) is 20.6. The number of imidazole rings is 1. The Morgan fingerprint density at radius 1 is 1.21 bits per heavy atom. The quantitative estimate of drug-likeness (QED) is 0.586. The van der Waals surface area contributed by atoms with Crippen LogP contribution in [0.1, 0.15) is 36.7 Å². The molecule has 1 unspecified atom stereocenters. The first-order valence-corrected chi connectivity index (χ1v) is 9.88. The summed E-state index contributed by atoms with van der Waals surface area (Å²) in [7, 11) is 0. The highest BCUT2D eigenvalue weighted by Gasteiger charge is 2.18. The smallest absolute Gasteiger partial charge is 0.237 e. The van der Waals surface area contributed by atoms with E-state index < -0.39 is 6.04 Å². The molecule has 0 aliphatic heterocycles. The molecule has 0 saturated carbocycles. The van der Waals surface area contributed by atoms with Crippen LogP contribution in [0.2, 0.25) is 0 Å². The molecule has 1 amide bonds. The maximum Gasteiger partial charge on any atom is 0.237 e. The molecule has 0 saturated heterocycles. The van der Waals surface area contributed by atoms with Gasteiger partial charge in [0.05, 0.1) is 30.7 Å². The minimum Gasteiger partial charge on any atom is -0.494 e. The molecule has 0 radical (unpaired) electrons. The Morgan fingerprint density at radius 2 is 2.00 bits per heavy atom. The van der Waals surface area contributed by atoms with E-state index >= 15 is 0 Å². The average Bonchev–Trinajstić information content (AvgIpc) is 3.15. The number of benzene rings is 2. The molecule has 29 heavy (non-hydrogen) atoms. The van der Waals surface area contributed by atoms with Gasteiger partial charge in [0.25, 0.3) is 0 Å². The van der Waals surface area contributed by atoms with Crippen molar-refractivity contribution in [2.75, 3.05) is 6.61 Å². The Bertz CT molecular complexity index is 923. The molecule has 3 N–H and O–H groups in total. The standard InChI is InChI=1S/C23H28N4O2/c1-3-29-21-11-7-10-19(12-21)17(2)26-23(28)22(24)13-20-15-27(16-25-20)14-18-8-5-4-6-9-18/h4-12,15-17,22H,3,13-14,24H2,1-2H3,(H,26,28)/t17?,22-/m0/s1. The van der Waals surface area contributed by atoms with Gasteiger partial charge in [0, 0.05) is 19.2 Å². The lowest BCUT2D eigenvalue weighted by Gasteiger charge is -2.18. The predicted molar refractivity (Wildman–Crippen MR) is 114 cm³/mol. The van der Waals surface area contributed by atoms with Gasteiger partial charge in [-0.1, -0.05) is 42.5 Å². The lowest BCUT2D eigenvalue weighted by molar-refractivity contribution is -0.123. The highest BCUT2D eigenvalue weighted by molar-refractivity contribution is 5.82. The van der Waals surface area contributed by atoms with Crippen LogP contribution in [0.4, 0.5) is 0 Å². The monoisotopic (exact) mass is 392 g/mol. The Kier molecular flexibility index (Phi) is 7.03. The fourth-order valence-electron chi connectivity index (χ4n) is 3.15. The van der Waals surface area contributed by atoms with Gasteiger partial charge in [0.1, 0.15) is 5.75 Å². The molecule has 3 rings (SSSR count). The average molecular weight is 393 g/mol. The summed E-state index contributed by atoms with van der Waals surface area (Å²) in [4.78, 5) is 16.9. The zero-order valence-corrected chi connectivity index (χ0v) is 16.9. The third-order valence-corrected chi connectivity index (χ3v) is 4.69. The van der Waals surface area contributed by atoms with Crippen LogP contribution in [-0.2, 0) is 17.8 Å². The van der Waals surface area contributed by atoms with E-state index in [9.17, 15) is 4.79 Å². The first kappa shape index (κ1) is 20.6. The third kappa shape index (κ3) is 5.93. The second-order valence-corrected chi connectivity index (χ2v) is 7.07. The molecule has 0 fully saturated rings. The van der Waals surface area contributed by atoms with Gasteiger partial charge in [0.2, 0.25) is 5.91 Å². The summed E-state index contributed by atoms with van der Waals surface area (Å²) >= 11 is 0. The van der Waals surface area contributed by atoms with Gasteiger partial charge < -0.3 is 20.4 Å². The number of nitrogens with zero attached hydrogens (tertiary/aromatic N) is 2. The van der Waals surface area contributed by atoms with Crippen molar-refractivity contribution in [2.24, 2.45) is 5.73 Å². The van der Waals surface area contributed by atoms with Crippen molar-refractivity contribution < 1.29 is 9.53 Å². The summed E-state index contributed by atoms with van der Waals surface area (Å²) in [6.07, 6.45) is 4.10. The summed E-state index contributed by atoms with van der Waals surface area (Å²) in [6.45, 7) is 5.22. The molecule has 0 aliphatic carbocycles. The highest BCUT2D eigenvalue weighted by atomic mass is 16.5. The van der Waals surface area contributed by atoms with E-state index in [1.165, 1.54) is 5.56 Å². The van der Waals surface area contributed by atoms with Crippen LogP contribution in [0.15, 0.2) is 67.1 Å². The number of ether oxygens (including phenoxy) is 1. The number of rotatable bonds is 9. The van der Waals surface area contributed by atoms with Crippen LogP contribution in [0.3, 0.4) is 0 Å². The fraction of sp³-hybridized carbons (Fsp3) is 0.304. The van der Waals surface area contributed by atoms with Crippen molar-refractivity contribution in [3.63, 3.8) is 0 Å². The number of aromatic nitrogens is 2. The number of carbonyl (C=O) groups is 1. The Balaban J connectivity index is 1.54. The predicted octanol–water partition coefficient (Wildman–Crippen LogP) is 3.08. The summed E-state index contributed by atoms with van der Waals surface area (Å²) in [5.74, 6) is 0.594. The van der Waals surface area contributed by atoms with Crippen molar-refractivity contribution in [1.82, 2.24) is 14.9 Å². The first-order chi connectivity index (χ1) is 14.0. The van der Waals surface area contributed by atoms with Crippen molar-refractivity contribution in [3.05, 3.63) is 83.9 Å². The van der Waals surface area contributed by atoms with Crippen LogP contribution in [0.25, 0.3) is 0 Å². The lowest BCUT2D eigenvalue weighted by atomic mass is 10.1. The third-order valence-electron chi connectivity index (χ3n) is 4.69. The summed E-state index contributed by atoms with van der Waals surface area (Å²) < 4.78 is 7.52. The second-order valence-electron chi connectivity index (χ2n) is 7.07. The van der Waals surface area contributed by atoms with Gasteiger partial charge in [-0.2, -0.15) is 0 Å². The molecule has 0 aliphatic rings. The van der Waals surface area contributed by atoms with E-state index in [1.54, 1.807) is 6.33 Å². The minimum atomic E-state index is -0.660. The highest BCUT2D eigenvalue weighted by Crippen LogP contribution is 2.19. The van der Waals surface area contributed by atoms with Gasteiger partial charge in [-0.25, -0.2) is 4.98 Å². The lowest BCUT2D eigenvalue weighted by Crippen LogP contribution is -2.43. The van der Waals surface area contributed by atoms with E-state index in [0.717, 1.165) is 23.6 Å². The van der Waals surface area contributed by atoms with Gasteiger partial charge in [-0.3, -0.25) is 4.79 Å². The molecule has 1 heterocycles. The van der Waals surface area contributed by atoms with E-state index in [4.69, 9.17) is 10.5 Å². The van der Waals surface area contributed by atoms with Crippen molar-refractivity contribution in [1.29, 1.82) is 0 Å². The van der Waals surface area contributed by atoms with Crippen molar-refractivity contribution >= 4 is 5.91 Å². The van der Waals surface area contributed by atoms with Crippen LogP contribution in [0, 0.1) is 0 Å². The Labute approximate surface area is 171 Å². The Morgan fingerprint density at radius 3 is 2.76 bits per heavy atom. The van der Waals surface area contributed by atoms with Gasteiger partial charge in [0.15, 0.2) is 0 Å². The Hall–Kier alpha value is -3.12. The van der Waals surface area contributed by atoms with Crippen LogP contribution in [0.5, 0.6) is 5.75 Å². The molecule has 1 aromatic heterocycles. The van der Waals surface area contributed by atoms with E-state index in [-0.39, 0.29) is 11.9 Å². The topological polar surface area (TPSA) is 82.2 Å². The van der Waals surface area contributed by atoms with Gasteiger partial charge in [-0.05, 0) is 37.1 Å². The van der Waals surface area contributed by atoms with Crippen molar-refractivity contribution in [3.8, 4) is 5.75 Å². The summed E-state index contributed by atoms with van der Waals surface area (Å²) in [5.41, 5.74) is 9.10. The summed E-state index contributed by atoms with van der Waals surface area (Å²) in [6, 6.07) is 17.1. The number of amides is 1. The molecule has 3 aromatic rings. The SMILES string of the molecule is CCOc1cccc(C(C)NC(=O)[C@@H](N)Cc2cn(Cc3ccccc3)cn2)c1. The number of hydrogen-bond donors (Lipinski definition) is 2. The molecule has 6 nitrogen and oxygen atoms in total. The maximum absolute atomic E-state index is 12.5. The molecular formula is C23H28N4O2. The largest absolute Gasteiger partial charge is 0.494 e. The minimum absolute atomic E-state index is 0.162. The molecule has 2 atom stereocenters. The first-order valence-electron chi connectivity index (χ1n) is 9.88. The number of nitrogens with two attached hydrogens (primary N) is 1. The fourth-order valence-corrected chi connectivity index (χ4v) is 3.15. The molecule has 6 heteroatoms. The van der Waals surface area contributed by atoms with E-state index in [1.807, 2.05) is 67.1 Å². The number of nitrogens with one attached hydrogen (secondary N) is 1. The summed E-state index contributed by atoms with van der Waals surface area (Å²) in [5, 5.41) is 2.98. The zero-order valence-electron chi connectivity index (χ0n) is 16.9. The second kappa shape index (κ2) is 9.89. The molecule has 152 valence electrons. The number of hydrogen-bond acceptors (Lipinski definition) is 4. The molecule has 0 bridgehead atoms. The van der Waals surface area contributed by atoms with Gasteiger partial charge >= 0.3 is 0 Å². The normalized spacial score (nSPS) is 12.9. The molecule has 0 spiro atoms. The van der Waals surface area contributed by atoms with E-state index in [2.05, 4.69) is 22.4 Å². The van der Waals surface area contributed by atoms with Crippen molar-refractivity contribution in [2.45, 2.75) is 38.9 Å². The van der Waals surface area contributed by atoms with Crippen LogP contribution in [-0.4, -0.2) is 28.1 Å². The van der Waals surface area contributed by atoms with Crippen LogP contribution >= 0.6 is 0 Å². The molecule has 2 aromatic carbocycles. The van der Waals surface area contributed by atoms with Crippen LogP contribution < -0.4 is 15.8 Å². The maximum atomic E-state index is 12.5. The van der Waals surface area contributed by atoms with E-state index in [0.29, 0.717) is 13.0 Å². The molecular weight excluding hydrogens is 364 g/mol.